The molecule has 1 N–H and O–H groups in total. The van der Waals surface area contributed by atoms with Crippen molar-refractivity contribution in [2.75, 3.05) is 18.5 Å². The van der Waals surface area contributed by atoms with Crippen molar-refractivity contribution in [1.29, 1.82) is 5.26 Å². The number of anilines is 1. The van der Waals surface area contributed by atoms with E-state index in [4.69, 9.17) is 5.26 Å². The van der Waals surface area contributed by atoms with E-state index in [1.165, 1.54) is 0 Å². The second-order valence-electron chi connectivity index (χ2n) is 4.53. The molecular weight excluding hydrogens is 238 g/mol. The molecule has 1 rings (SSSR count). The van der Waals surface area contributed by atoms with Crippen molar-refractivity contribution in [3.8, 4) is 6.07 Å². The van der Waals surface area contributed by atoms with Gasteiger partial charge < -0.3 is 10.2 Å². The topological polar surface area (TPSA) is 56.1 Å². The van der Waals surface area contributed by atoms with Crippen molar-refractivity contribution >= 4 is 11.6 Å². The van der Waals surface area contributed by atoms with Gasteiger partial charge in [-0.1, -0.05) is 13.8 Å². The van der Waals surface area contributed by atoms with Crippen molar-refractivity contribution in [2.24, 2.45) is 0 Å². The summed E-state index contributed by atoms with van der Waals surface area (Å²) in [6, 6.07) is 9.08. The molecule has 4 heteroatoms. The Morgan fingerprint density at radius 3 is 2.47 bits per heavy atom. The average molecular weight is 259 g/mol. The largest absolute Gasteiger partial charge is 0.375 e. The number of hydrogen-bond donors (Lipinski definition) is 1. The Morgan fingerprint density at radius 2 is 2.00 bits per heavy atom. The second-order valence-corrected chi connectivity index (χ2v) is 4.53. The zero-order valence-electron chi connectivity index (χ0n) is 11.8. The van der Waals surface area contributed by atoms with E-state index in [9.17, 15) is 4.79 Å². The average Bonchev–Trinajstić information content (AvgIpc) is 2.45. The van der Waals surface area contributed by atoms with Crippen LogP contribution in [0.1, 0.15) is 37.0 Å². The summed E-state index contributed by atoms with van der Waals surface area (Å²) in [4.78, 5) is 14.0. The summed E-state index contributed by atoms with van der Waals surface area (Å²) in [7, 11) is 2.03. The molecule has 0 saturated heterocycles. The second kappa shape index (κ2) is 7.42. The van der Waals surface area contributed by atoms with Crippen molar-refractivity contribution in [1.82, 2.24) is 5.32 Å². The van der Waals surface area contributed by atoms with Crippen LogP contribution < -0.4 is 10.2 Å². The molecule has 0 aliphatic heterocycles. The van der Waals surface area contributed by atoms with Gasteiger partial charge in [0.1, 0.15) is 6.04 Å². The fourth-order valence-corrected chi connectivity index (χ4v) is 1.80. The van der Waals surface area contributed by atoms with Crippen LogP contribution in [-0.2, 0) is 0 Å². The van der Waals surface area contributed by atoms with E-state index in [0.717, 1.165) is 18.7 Å². The highest BCUT2D eigenvalue weighted by Crippen LogP contribution is 2.14. The van der Waals surface area contributed by atoms with Crippen LogP contribution in [0.15, 0.2) is 24.3 Å². The van der Waals surface area contributed by atoms with Gasteiger partial charge in [-0.05, 0) is 37.1 Å². The van der Waals surface area contributed by atoms with Crippen molar-refractivity contribution in [3.63, 3.8) is 0 Å². The summed E-state index contributed by atoms with van der Waals surface area (Å²) < 4.78 is 0. The highest BCUT2D eigenvalue weighted by Gasteiger charge is 2.11. The summed E-state index contributed by atoms with van der Waals surface area (Å²) in [5.74, 6) is -0.196. The Bertz CT molecular complexity index is 447. The van der Waals surface area contributed by atoms with Gasteiger partial charge in [-0.3, -0.25) is 4.79 Å². The quantitative estimate of drug-likeness (QED) is 0.854. The van der Waals surface area contributed by atoms with Gasteiger partial charge in [-0.2, -0.15) is 5.26 Å². The van der Waals surface area contributed by atoms with Gasteiger partial charge in [0, 0.05) is 24.8 Å². The normalized spacial score (nSPS) is 11.5. The monoisotopic (exact) mass is 259 g/mol. The van der Waals surface area contributed by atoms with E-state index in [1.807, 2.05) is 26.1 Å². The molecule has 0 heterocycles. The SMILES string of the molecule is CCCN(C)c1ccc(C(=O)N[C@H](C#N)CC)cc1. The molecule has 0 unspecified atom stereocenters. The highest BCUT2D eigenvalue weighted by atomic mass is 16.1. The molecule has 0 aliphatic rings. The Labute approximate surface area is 115 Å². The number of rotatable bonds is 6. The van der Waals surface area contributed by atoms with Gasteiger partial charge in [0.25, 0.3) is 5.91 Å². The van der Waals surface area contributed by atoms with Crippen LogP contribution in [-0.4, -0.2) is 25.5 Å². The molecule has 0 saturated carbocycles. The predicted molar refractivity (Wildman–Crippen MR) is 77.2 cm³/mol. The van der Waals surface area contributed by atoms with E-state index in [1.54, 1.807) is 12.1 Å². The van der Waals surface area contributed by atoms with Crippen LogP contribution in [0.5, 0.6) is 0 Å². The molecule has 1 amide bonds. The molecule has 0 radical (unpaired) electrons. The number of benzene rings is 1. The van der Waals surface area contributed by atoms with Crippen LogP contribution in [0.4, 0.5) is 5.69 Å². The molecule has 4 nitrogen and oxygen atoms in total. The molecule has 1 aromatic rings. The minimum Gasteiger partial charge on any atom is -0.375 e. The summed E-state index contributed by atoms with van der Waals surface area (Å²) >= 11 is 0. The highest BCUT2D eigenvalue weighted by molar-refractivity contribution is 5.94. The lowest BCUT2D eigenvalue weighted by molar-refractivity contribution is 0.0944. The van der Waals surface area contributed by atoms with E-state index >= 15 is 0 Å². The summed E-state index contributed by atoms with van der Waals surface area (Å²) in [6.07, 6.45) is 1.69. The maximum atomic E-state index is 11.9. The van der Waals surface area contributed by atoms with Crippen LogP contribution in [0, 0.1) is 11.3 Å². The predicted octanol–water partition coefficient (Wildman–Crippen LogP) is 2.56. The lowest BCUT2D eigenvalue weighted by Crippen LogP contribution is -2.33. The molecule has 1 atom stereocenters. The Kier molecular flexibility index (Phi) is 5.87. The van der Waals surface area contributed by atoms with Gasteiger partial charge in [0.05, 0.1) is 6.07 Å². The maximum Gasteiger partial charge on any atom is 0.252 e. The molecule has 0 aromatic heterocycles. The Balaban J connectivity index is 2.71. The molecule has 19 heavy (non-hydrogen) atoms. The minimum atomic E-state index is -0.421. The van der Waals surface area contributed by atoms with E-state index in [-0.39, 0.29) is 5.91 Å². The summed E-state index contributed by atoms with van der Waals surface area (Å²) in [5, 5.41) is 11.5. The number of carbonyl (C=O) groups excluding carboxylic acids is 1. The first-order valence-corrected chi connectivity index (χ1v) is 6.64. The first kappa shape index (κ1) is 15.0. The number of amides is 1. The van der Waals surface area contributed by atoms with Gasteiger partial charge in [-0.25, -0.2) is 0 Å². The number of nitriles is 1. The van der Waals surface area contributed by atoms with E-state index < -0.39 is 6.04 Å². The third-order valence-electron chi connectivity index (χ3n) is 3.00. The zero-order valence-corrected chi connectivity index (χ0v) is 11.8. The van der Waals surface area contributed by atoms with Gasteiger partial charge in [-0.15, -0.1) is 0 Å². The fourth-order valence-electron chi connectivity index (χ4n) is 1.80. The third kappa shape index (κ3) is 4.29. The molecule has 0 fully saturated rings. The molecule has 0 bridgehead atoms. The number of nitrogens with one attached hydrogen (secondary N) is 1. The fraction of sp³-hybridized carbons (Fsp3) is 0.467. The first-order chi connectivity index (χ1) is 9.12. The van der Waals surface area contributed by atoms with Crippen molar-refractivity contribution in [2.45, 2.75) is 32.7 Å². The van der Waals surface area contributed by atoms with E-state index in [0.29, 0.717) is 12.0 Å². The molecule has 1 aromatic carbocycles. The Morgan fingerprint density at radius 1 is 1.37 bits per heavy atom. The smallest absolute Gasteiger partial charge is 0.252 e. The molecular formula is C15H21N3O. The van der Waals surface area contributed by atoms with Gasteiger partial charge >= 0.3 is 0 Å². The first-order valence-electron chi connectivity index (χ1n) is 6.64. The third-order valence-corrected chi connectivity index (χ3v) is 3.00. The van der Waals surface area contributed by atoms with Crippen LogP contribution >= 0.6 is 0 Å². The van der Waals surface area contributed by atoms with E-state index in [2.05, 4.69) is 23.2 Å². The number of carbonyl (C=O) groups is 1. The van der Waals surface area contributed by atoms with Crippen LogP contribution in [0.2, 0.25) is 0 Å². The minimum absolute atomic E-state index is 0.196. The lowest BCUT2D eigenvalue weighted by atomic mass is 10.1. The van der Waals surface area contributed by atoms with Gasteiger partial charge in [0.15, 0.2) is 0 Å². The van der Waals surface area contributed by atoms with Crippen LogP contribution in [0.3, 0.4) is 0 Å². The van der Waals surface area contributed by atoms with Gasteiger partial charge in [0.2, 0.25) is 0 Å². The number of nitrogens with zero attached hydrogens (tertiary/aromatic N) is 2. The standard InChI is InChI=1S/C15H21N3O/c1-4-10-18(3)14-8-6-12(7-9-14)15(19)17-13(5-2)11-16/h6-9,13H,4-5,10H2,1-3H3,(H,17,19)/t13-/m0/s1. The van der Waals surface area contributed by atoms with Crippen molar-refractivity contribution < 1.29 is 4.79 Å². The lowest BCUT2D eigenvalue weighted by Gasteiger charge is -2.18. The molecule has 0 aliphatic carbocycles. The summed E-state index contributed by atoms with van der Waals surface area (Å²) in [6.45, 7) is 4.99. The molecule has 102 valence electrons. The van der Waals surface area contributed by atoms with Crippen molar-refractivity contribution in [3.05, 3.63) is 29.8 Å². The summed E-state index contributed by atoms with van der Waals surface area (Å²) in [5.41, 5.74) is 1.67. The Hall–Kier alpha value is -2.02. The maximum absolute atomic E-state index is 11.9. The van der Waals surface area contributed by atoms with Crippen LogP contribution in [0.25, 0.3) is 0 Å². The molecule has 0 spiro atoms. The zero-order chi connectivity index (χ0) is 14.3. The number of hydrogen-bond acceptors (Lipinski definition) is 3.